The van der Waals surface area contributed by atoms with Crippen molar-refractivity contribution in [2.24, 2.45) is 5.73 Å². The molecule has 3 N–H and O–H groups in total. The average Bonchev–Trinajstić information content (AvgIpc) is 2.88. The molecule has 0 amide bonds. The first-order valence-corrected chi connectivity index (χ1v) is 6.81. The lowest BCUT2D eigenvalue weighted by atomic mass is 10.0. The largest absolute Gasteiger partial charge is 0.383 e. The Morgan fingerprint density at radius 3 is 2.74 bits per heavy atom. The fraction of sp³-hybridized carbons (Fsp3) is 0.0667. The van der Waals surface area contributed by atoms with Crippen molar-refractivity contribution in [3.8, 4) is 0 Å². The summed E-state index contributed by atoms with van der Waals surface area (Å²) in [6, 6.07) is 14.6. The van der Waals surface area contributed by atoms with Gasteiger partial charge in [0.1, 0.15) is 5.84 Å². The van der Waals surface area contributed by atoms with Crippen LogP contribution in [0.25, 0.3) is 10.8 Å². The fourth-order valence-corrected chi connectivity index (χ4v) is 2.93. The SMILES string of the molecule is N=C(N)c1cnc(Cc2cccc3ccccc23)s1. The monoisotopic (exact) mass is 267 g/mol. The molecular weight excluding hydrogens is 254 g/mol. The molecule has 3 aromatic rings. The lowest BCUT2D eigenvalue weighted by Crippen LogP contribution is -2.08. The van der Waals surface area contributed by atoms with Gasteiger partial charge >= 0.3 is 0 Å². The van der Waals surface area contributed by atoms with Gasteiger partial charge in [0, 0.05) is 12.6 Å². The van der Waals surface area contributed by atoms with E-state index in [4.69, 9.17) is 11.1 Å². The summed E-state index contributed by atoms with van der Waals surface area (Å²) < 4.78 is 0. The van der Waals surface area contributed by atoms with Crippen LogP contribution in [0.1, 0.15) is 15.4 Å². The summed E-state index contributed by atoms with van der Waals surface area (Å²) in [5.41, 5.74) is 6.72. The molecule has 2 aromatic carbocycles. The minimum atomic E-state index is 0.0849. The first kappa shape index (κ1) is 11.9. The summed E-state index contributed by atoms with van der Waals surface area (Å²) in [6.45, 7) is 0. The number of thiazole rings is 1. The van der Waals surface area contributed by atoms with Gasteiger partial charge in [-0.25, -0.2) is 4.98 Å². The summed E-state index contributed by atoms with van der Waals surface area (Å²) in [5.74, 6) is 0.0849. The van der Waals surface area contributed by atoms with Gasteiger partial charge < -0.3 is 5.73 Å². The average molecular weight is 267 g/mol. The van der Waals surface area contributed by atoms with Crippen molar-refractivity contribution in [2.75, 3.05) is 0 Å². The van der Waals surface area contributed by atoms with Gasteiger partial charge in [-0.05, 0) is 16.3 Å². The maximum atomic E-state index is 7.41. The van der Waals surface area contributed by atoms with Crippen LogP contribution in [0.2, 0.25) is 0 Å². The highest BCUT2D eigenvalue weighted by Crippen LogP contribution is 2.23. The summed E-state index contributed by atoms with van der Waals surface area (Å²) >= 11 is 1.48. The van der Waals surface area contributed by atoms with E-state index < -0.39 is 0 Å². The van der Waals surface area contributed by atoms with E-state index in [1.165, 1.54) is 27.7 Å². The third kappa shape index (κ3) is 2.35. The van der Waals surface area contributed by atoms with Crippen LogP contribution in [-0.4, -0.2) is 10.8 Å². The molecule has 0 radical (unpaired) electrons. The molecule has 0 aliphatic carbocycles. The molecule has 0 atom stereocenters. The van der Waals surface area contributed by atoms with Crippen molar-refractivity contribution < 1.29 is 0 Å². The number of nitrogens with zero attached hydrogens (tertiary/aromatic N) is 1. The Morgan fingerprint density at radius 2 is 1.95 bits per heavy atom. The fourth-order valence-electron chi connectivity index (χ4n) is 2.13. The van der Waals surface area contributed by atoms with E-state index in [2.05, 4.69) is 41.4 Å². The van der Waals surface area contributed by atoms with Crippen LogP contribution in [-0.2, 0) is 6.42 Å². The van der Waals surface area contributed by atoms with Crippen LogP contribution >= 0.6 is 11.3 Å². The van der Waals surface area contributed by atoms with Gasteiger partial charge in [0.2, 0.25) is 0 Å². The molecule has 0 aliphatic rings. The van der Waals surface area contributed by atoms with Crippen LogP contribution in [0, 0.1) is 5.41 Å². The van der Waals surface area contributed by atoms with E-state index in [1.54, 1.807) is 6.20 Å². The van der Waals surface area contributed by atoms with E-state index >= 15 is 0 Å². The Kier molecular flexibility index (Phi) is 3.01. The number of aromatic nitrogens is 1. The van der Waals surface area contributed by atoms with Crippen molar-refractivity contribution in [2.45, 2.75) is 6.42 Å². The molecule has 0 spiro atoms. The summed E-state index contributed by atoms with van der Waals surface area (Å²) in [7, 11) is 0. The second-order valence-electron chi connectivity index (χ2n) is 4.35. The zero-order valence-electron chi connectivity index (χ0n) is 10.3. The molecule has 94 valence electrons. The maximum Gasteiger partial charge on any atom is 0.134 e. The predicted octanol–water partition coefficient (Wildman–Crippen LogP) is 3.17. The van der Waals surface area contributed by atoms with Gasteiger partial charge in [-0.2, -0.15) is 0 Å². The first-order chi connectivity index (χ1) is 9.24. The molecule has 3 rings (SSSR count). The molecule has 19 heavy (non-hydrogen) atoms. The van der Waals surface area contributed by atoms with E-state index in [9.17, 15) is 0 Å². The highest BCUT2D eigenvalue weighted by molar-refractivity contribution is 7.13. The topological polar surface area (TPSA) is 62.8 Å². The van der Waals surface area contributed by atoms with Gasteiger partial charge in [0.15, 0.2) is 0 Å². The number of hydrogen-bond acceptors (Lipinski definition) is 3. The van der Waals surface area contributed by atoms with Crippen LogP contribution in [0.15, 0.2) is 48.7 Å². The third-order valence-electron chi connectivity index (χ3n) is 3.04. The second-order valence-corrected chi connectivity index (χ2v) is 5.46. The van der Waals surface area contributed by atoms with Gasteiger partial charge in [-0.1, -0.05) is 42.5 Å². The maximum absolute atomic E-state index is 7.41. The molecule has 4 heteroatoms. The number of nitrogens with one attached hydrogen (secondary N) is 1. The van der Waals surface area contributed by atoms with Crippen molar-refractivity contribution in [3.63, 3.8) is 0 Å². The Labute approximate surface area is 115 Å². The normalized spacial score (nSPS) is 10.7. The Bertz CT molecular complexity index is 740. The molecule has 0 bridgehead atoms. The molecule has 3 nitrogen and oxygen atoms in total. The van der Waals surface area contributed by atoms with Crippen LogP contribution in [0.3, 0.4) is 0 Å². The number of nitrogens with two attached hydrogens (primary N) is 1. The Hall–Kier alpha value is -2.20. The molecule has 1 heterocycles. The van der Waals surface area contributed by atoms with Crippen molar-refractivity contribution in [3.05, 3.63) is 64.1 Å². The van der Waals surface area contributed by atoms with E-state index in [0.29, 0.717) is 0 Å². The van der Waals surface area contributed by atoms with Crippen LogP contribution in [0.4, 0.5) is 0 Å². The molecule has 0 saturated carbocycles. The van der Waals surface area contributed by atoms with E-state index in [0.717, 1.165) is 16.3 Å². The Morgan fingerprint density at radius 1 is 1.16 bits per heavy atom. The molecule has 0 saturated heterocycles. The standard InChI is InChI=1S/C15H13N3S/c16-15(17)13-9-18-14(19-13)8-11-6-3-5-10-4-1-2-7-12(10)11/h1-7,9H,8H2,(H3,16,17). The van der Waals surface area contributed by atoms with Gasteiger partial charge in [-0.3, -0.25) is 5.41 Å². The smallest absolute Gasteiger partial charge is 0.134 e. The second kappa shape index (κ2) is 4.82. The first-order valence-electron chi connectivity index (χ1n) is 6.00. The number of nitrogen functional groups attached to an aromatic ring is 1. The number of amidine groups is 1. The zero-order chi connectivity index (χ0) is 13.2. The predicted molar refractivity (Wildman–Crippen MR) is 79.9 cm³/mol. The number of benzene rings is 2. The Balaban J connectivity index is 1.98. The summed E-state index contributed by atoms with van der Waals surface area (Å²) in [4.78, 5) is 5.07. The van der Waals surface area contributed by atoms with Gasteiger partial charge in [0.25, 0.3) is 0 Å². The zero-order valence-corrected chi connectivity index (χ0v) is 11.1. The highest BCUT2D eigenvalue weighted by atomic mass is 32.1. The van der Waals surface area contributed by atoms with Crippen molar-refractivity contribution in [1.82, 2.24) is 4.98 Å². The van der Waals surface area contributed by atoms with Gasteiger partial charge in [-0.15, -0.1) is 11.3 Å². The number of fused-ring (bicyclic) bond motifs is 1. The highest BCUT2D eigenvalue weighted by Gasteiger charge is 2.07. The van der Waals surface area contributed by atoms with Crippen molar-refractivity contribution >= 4 is 27.9 Å². The minimum absolute atomic E-state index is 0.0849. The third-order valence-corrected chi connectivity index (χ3v) is 4.07. The molecule has 0 fully saturated rings. The van der Waals surface area contributed by atoms with E-state index in [1.807, 2.05) is 6.07 Å². The summed E-state index contributed by atoms with van der Waals surface area (Å²) in [5, 5.41) is 10.9. The lowest BCUT2D eigenvalue weighted by molar-refractivity contribution is 1.15. The lowest BCUT2D eigenvalue weighted by Gasteiger charge is -2.04. The molecule has 0 unspecified atom stereocenters. The summed E-state index contributed by atoms with van der Waals surface area (Å²) in [6.07, 6.45) is 2.45. The molecular formula is C15H13N3S. The van der Waals surface area contributed by atoms with Crippen LogP contribution in [0.5, 0.6) is 0 Å². The quantitative estimate of drug-likeness (QED) is 0.565. The molecule has 1 aromatic heterocycles. The minimum Gasteiger partial charge on any atom is -0.383 e. The van der Waals surface area contributed by atoms with E-state index in [-0.39, 0.29) is 5.84 Å². The number of rotatable bonds is 3. The molecule has 0 aliphatic heterocycles. The number of hydrogen-bond donors (Lipinski definition) is 2. The van der Waals surface area contributed by atoms with Crippen molar-refractivity contribution in [1.29, 1.82) is 5.41 Å². The van der Waals surface area contributed by atoms with Crippen LogP contribution < -0.4 is 5.73 Å². The van der Waals surface area contributed by atoms with Gasteiger partial charge in [0.05, 0.1) is 9.88 Å².